The van der Waals surface area contributed by atoms with E-state index < -0.39 is 18.2 Å². The van der Waals surface area contributed by atoms with E-state index >= 15 is 0 Å². The van der Waals surface area contributed by atoms with Gasteiger partial charge in [-0.2, -0.15) is 0 Å². The zero-order chi connectivity index (χ0) is 18.7. The maximum atomic E-state index is 10.5. The SMILES string of the molecule is CCCCC[C@H](O)C=C[C@@H]1C(SCCCCCC(=O)O)=C(C)C[C@H]1O. The van der Waals surface area contributed by atoms with Crippen LogP contribution in [-0.4, -0.2) is 39.2 Å². The molecule has 0 aromatic carbocycles. The summed E-state index contributed by atoms with van der Waals surface area (Å²) in [5.74, 6) is 0.209. The first-order valence-corrected chi connectivity index (χ1v) is 10.5. The van der Waals surface area contributed by atoms with Gasteiger partial charge >= 0.3 is 5.97 Å². The normalized spacial score (nSPS) is 22.1. The molecule has 0 aliphatic heterocycles. The third kappa shape index (κ3) is 8.93. The average Bonchev–Trinajstić information content (AvgIpc) is 2.82. The van der Waals surface area contributed by atoms with E-state index in [0.29, 0.717) is 6.42 Å². The maximum Gasteiger partial charge on any atom is 0.303 e. The minimum atomic E-state index is -0.729. The molecule has 1 rings (SSSR count). The van der Waals surface area contributed by atoms with Crippen LogP contribution in [0.1, 0.15) is 71.6 Å². The number of aliphatic hydroxyl groups excluding tert-OH is 2. The predicted molar refractivity (Wildman–Crippen MR) is 105 cm³/mol. The quantitative estimate of drug-likeness (QED) is 0.328. The van der Waals surface area contributed by atoms with E-state index in [1.54, 1.807) is 11.8 Å². The van der Waals surface area contributed by atoms with Crippen molar-refractivity contribution in [3.05, 3.63) is 22.6 Å². The van der Waals surface area contributed by atoms with Crippen molar-refractivity contribution in [3.63, 3.8) is 0 Å². The molecule has 1 aliphatic rings. The molecule has 0 radical (unpaired) electrons. The summed E-state index contributed by atoms with van der Waals surface area (Å²) >= 11 is 1.78. The first kappa shape index (κ1) is 22.3. The smallest absolute Gasteiger partial charge is 0.303 e. The molecule has 3 atom stereocenters. The highest BCUT2D eigenvalue weighted by molar-refractivity contribution is 8.03. The van der Waals surface area contributed by atoms with Gasteiger partial charge in [-0.05, 0) is 43.3 Å². The summed E-state index contributed by atoms with van der Waals surface area (Å²) in [6.45, 7) is 4.22. The first-order valence-electron chi connectivity index (χ1n) is 9.54. The van der Waals surface area contributed by atoms with E-state index in [4.69, 9.17) is 5.11 Å². The van der Waals surface area contributed by atoms with Gasteiger partial charge in [-0.3, -0.25) is 4.79 Å². The zero-order valence-electron chi connectivity index (χ0n) is 15.6. The number of thioether (sulfide) groups is 1. The van der Waals surface area contributed by atoms with Crippen LogP contribution in [0.5, 0.6) is 0 Å². The summed E-state index contributed by atoms with van der Waals surface area (Å²) in [6.07, 6.45) is 10.7. The van der Waals surface area contributed by atoms with Gasteiger partial charge < -0.3 is 15.3 Å². The van der Waals surface area contributed by atoms with Crippen LogP contribution in [0.2, 0.25) is 0 Å². The van der Waals surface area contributed by atoms with E-state index in [1.165, 1.54) is 10.5 Å². The summed E-state index contributed by atoms with van der Waals surface area (Å²) in [4.78, 5) is 11.7. The Kier molecular flexibility index (Phi) is 11.2. The van der Waals surface area contributed by atoms with Crippen molar-refractivity contribution in [2.45, 2.75) is 83.8 Å². The molecule has 0 bridgehead atoms. The summed E-state index contributed by atoms with van der Waals surface area (Å²) in [7, 11) is 0. The lowest BCUT2D eigenvalue weighted by atomic mass is 10.0. The molecule has 1 aliphatic carbocycles. The van der Waals surface area contributed by atoms with Crippen LogP contribution >= 0.6 is 11.8 Å². The van der Waals surface area contributed by atoms with Crippen LogP contribution in [0.15, 0.2) is 22.6 Å². The first-order chi connectivity index (χ1) is 12.0. The second-order valence-corrected chi connectivity index (χ2v) is 8.08. The predicted octanol–water partition coefficient (Wildman–Crippen LogP) is 4.52. The van der Waals surface area contributed by atoms with Crippen molar-refractivity contribution < 1.29 is 20.1 Å². The molecule has 0 unspecified atom stereocenters. The van der Waals surface area contributed by atoms with Crippen molar-refractivity contribution in [1.29, 1.82) is 0 Å². The van der Waals surface area contributed by atoms with Crippen LogP contribution in [0.3, 0.4) is 0 Å². The Morgan fingerprint density at radius 3 is 2.72 bits per heavy atom. The Bertz CT molecular complexity index is 459. The van der Waals surface area contributed by atoms with Crippen LogP contribution < -0.4 is 0 Å². The number of unbranched alkanes of at least 4 members (excludes halogenated alkanes) is 4. The molecule has 0 spiro atoms. The lowest BCUT2D eigenvalue weighted by Crippen LogP contribution is -2.14. The maximum absolute atomic E-state index is 10.5. The van der Waals surface area contributed by atoms with Crippen molar-refractivity contribution in [2.75, 3.05) is 5.75 Å². The lowest BCUT2D eigenvalue weighted by molar-refractivity contribution is -0.137. The monoisotopic (exact) mass is 370 g/mol. The summed E-state index contributed by atoms with van der Waals surface area (Å²) in [5, 5.41) is 29.0. The Morgan fingerprint density at radius 2 is 2.04 bits per heavy atom. The highest BCUT2D eigenvalue weighted by Crippen LogP contribution is 2.40. The molecular weight excluding hydrogens is 336 g/mol. The van der Waals surface area contributed by atoms with Crippen LogP contribution in [-0.2, 0) is 4.79 Å². The number of hydrogen-bond acceptors (Lipinski definition) is 4. The molecule has 0 aromatic heterocycles. The third-order valence-corrected chi connectivity index (χ3v) is 6.01. The fourth-order valence-corrected chi connectivity index (χ4v) is 4.45. The molecule has 0 fully saturated rings. The number of aliphatic hydroxyl groups is 2. The molecular formula is C20H34O4S. The Balaban J connectivity index is 2.42. The summed E-state index contributed by atoms with van der Waals surface area (Å²) in [6, 6.07) is 0. The van der Waals surface area contributed by atoms with Gasteiger partial charge in [0.1, 0.15) is 0 Å². The molecule has 0 saturated carbocycles. The van der Waals surface area contributed by atoms with E-state index in [9.17, 15) is 15.0 Å². The van der Waals surface area contributed by atoms with Gasteiger partial charge in [-0.25, -0.2) is 0 Å². The molecule has 3 N–H and O–H groups in total. The molecule has 25 heavy (non-hydrogen) atoms. The molecule has 0 amide bonds. The molecule has 5 heteroatoms. The van der Waals surface area contributed by atoms with Crippen molar-refractivity contribution >= 4 is 17.7 Å². The van der Waals surface area contributed by atoms with Gasteiger partial charge in [0.2, 0.25) is 0 Å². The third-order valence-electron chi connectivity index (χ3n) is 4.59. The van der Waals surface area contributed by atoms with Gasteiger partial charge in [-0.15, -0.1) is 11.8 Å². The van der Waals surface area contributed by atoms with Crippen LogP contribution in [0.4, 0.5) is 0 Å². The molecule has 0 saturated heterocycles. The number of carboxylic acids is 1. The standard InChI is InChI=1S/C20H34O4S/c1-3-4-6-9-16(21)11-12-17-18(22)14-15(2)20(17)25-13-8-5-7-10-19(23)24/h11-12,16-18,21-22H,3-10,13-14H2,1-2H3,(H,23,24)/t16-,17-,18+/m0/s1. The van der Waals surface area contributed by atoms with E-state index in [2.05, 4.69) is 13.8 Å². The number of rotatable bonds is 13. The fourth-order valence-electron chi connectivity index (χ4n) is 3.12. The highest BCUT2D eigenvalue weighted by Gasteiger charge is 2.30. The highest BCUT2D eigenvalue weighted by atomic mass is 32.2. The largest absolute Gasteiger partial charge is 0.481 e. The number of carboxylic acid groups (broad SMARTS) is 1. The minimum Gasteiger partial charge on any atom is -0.481 e. The van der Waals surface area contributed by atoms with Crippen molar-refractivity contribution in [1.82, 2.24) is 0 Å². The van der Waals surface area contributed by atoms with Crippen LogP contribution in [0, 0.1) is 5.92 Å². The zero-order valence-corrected chi connectivity index (χ0v) is 16.4. The summed E-state index contributed by atoms with van der Waals surface area (Å²) < 4.78 is 0. The second kappa shape index (κ2) is 12.6. The Morgan fingerprint density at radius 1 is 1.28 bits per heavy atom. The molecule has 144 valence electrons. The van der Waals surface area contributed by atoms with Gasteiger partial charge in [-0.1, -0.05) is 50.3 Å². The van der Waals surface area contributed by atoms with Crippen LogP contribution in [0.25, 0.3) is 0 Å². The molecule has 0 aromatic rings. The number of aliphatic carboxylic acids is 1. The Labute approximate surface area is 156 Å². The summed E-state index contributed by atoms with van der Waals surface area (Å²) in [5.41, 5.74) is 1.23. The number of hydrogen-bond donors (Lipinski definition) is 3. The van der Waals surface area contributed by atoms with Crippen molar-refractivity contribution in [2.24, 2.45) is 5.92 Å². The molecule has 0 heterocycles. The Hall–Kier alpha value is -0.780. The topological polar surface area (TPSA) is 77.8 Å². The van der Waals surface area contributed by atoms with Gasteiger partial charge in [0.05, 0.1) is 12.2 Å². The second-order valence-electron chi connectivity index (χ2n) is 6.94. The van der Waals surface area contributed by atoms with E-state index in [-0.39, 0.29) is 12.3 Å². The van der Waals surface area contributed by atoms with Gasteiger partial charge in [0.25, 0.3) is 0 Å². The minimum absolute atomic E-state index is 0.00940. The molecule has 4 nitrogen and oxygen atoms in total. The van der Waals surface area contributed by atoms with E-state index in [0.717, 1.165) is 50.7 Å². The van der Waals surface area contributed by atoms with Gasteiger partial charge in [0.15, 0.2) is 0 Å². The van der Waals surface area contributed by atoms with Crippen molar-refractivity contribution in [3.8, 4) is 0 Å². The average molecular weight is 371 g/mol. The number of carbonyl (C=O) groups is 1. The fraction of sp³-hybridized carbons (Fsp3) is 0.750. The lowest BCUT2D eigenvalue weighted by Gasteiger charge is -2.16. The van der Waals surface area contributed by atoms with E-state index in [1.807, 2.05) is 12.2 Å². The van der Waals surface area contributed by atoms with Gasteiger partial charge in [0, 0.05) is 12.3 Å².